The van der Waals surface area contributed by atoms with Gasteiger partial charge in [0.15, 0.2) is 0 Å². The summed E-state index contributed by atoms with van der Waals surface area (Å²) >= 11 is 3.56. The number of carbonyl (C=O) groups excluding carboxylic acids is 1. The smallest absolute Gasteiger partial charge is 0.243 e. The molecule has 2 aliphatic heterocycles. The van der Waals surface area contributed by atoms with E-state index in [4.69, 9.17) is 0 Å². The Kier molecular flexibility index (Phi) is 5.71. The number of rotatable bonds is 5. The van der Waals surface area contributed by atoms with Crippen LogP contribution in [0.3, 0.4) is 0 Å². The van der Waals surface area contributed by atoms with Crippen molar-refractivity contribution in [3.05, 3.63) is 35.9 Å². The minimum Gasteiger partial charge on any atom is -0.352 e. The van der Waals surface area contributed by atoms with Gasteiger partial charge in [-0.3, -0.25) is 9.69 Å². The van der Waals surface area contributed by atoms with E-state index < -0.39 is 0 Å². The average molecular weight is 337 g/mol. The highest BCUT2D eigenvalue weighted by molar-refractivity contribution is 8.21. The summed E-state index contributed by atoms with van der Waals surface area (Å²) in [5.74, 6) is 3.00. The first-order valence-corrected chi connectivity index (χ1v) is 10.1. The van der Waals surface area contributed by atoms with Crippen LogP contribution in [0.2, 0.25) is 0 Å². The number of likely N-dealkylation sites (tertiary alicyclic amines) is 1. The highest BCUT2D eigenvalue weighted by Crippen LogP contribution is 2.32. The molecule has 2 atom stereocenters. The zero-order valence-electron chi connectivity index (χ0n) is 13.0. The van der Waals surface area contributed by atoms with Gasteiger partial charge in [0.25, 0.3) is 0 Å². The van der Waals surface area contributed by atoms with Gasteiger partial charge in [0.05, 0.1) is 0 Å². The van der Waals surface area contributed by atoms with Crippen LogP contribution < -0.4 is 5.32 Å². The molecule has 3 nitrogen and oxygen atoms in total. The van der Waals surface area contributed by atoms with Crippen molar-refractivity contribution < 1.29 is 4.79 Å². The molecule has 0 saturated carbocycles. The zero-order valence-corrected chi connectivity index (χ0v) is 14.7. The van der Waals surface area contributed by atoms with E-state index >= 15 is 0 Å². The Balaban J connectivity index is 1.46. The third-order valence-electron chi connectivity index (χ3n) is 4.47. The van der Waals surface area contributed by atoms with Gasteiger partial charge < -0.3 is 5.32 Å². The Morgan fingerprint density at radius 3 is 2.77 bits per heavy atom. The van der Waals surface area contributed by atoms with Crippen LogP contribution in [0, 0.1) is 5.92 Å². The van der Waals surface area contributed by atoms with E-state index in [1.165, 1.54) is 12.0 Å². The summed E-state index contributed by atoms with van der Waals surface area (Å²) in [6.07, 6.45) is 1.18. The molecule has 120 valence electrons. The maximum atomic E-state index is 12.2. The number of carbonyl (C=O) groups is 1. The van der Waals surface area contributed by atoms with Crippen molar-refractivity contribution in [1.82, 2.24) is 10.2 Å². The maximum absolute atomic E-state index is 12.2. The quantitative estimate of drug-likeness (QED) is 0.896. The average Bonchev–Trinajstić information content (AvgIpc) is 3.19. The Labute approximate surface area is 141 Å². The Bertz CT molecular complexity index is 491. The molecule has 1 aromatic carbocycles. The van der Waals surface area contributed by atoms with Gasteiger partial charge in [-0.1, -0.05) is 30.3 Å². The minimum absolute atomic E-state index is 0.115. The monoisotopic (exact) mass is 336 g/mol. The molecular formula is C17H24N2OS2. The van der Waals surface area contributed by atoms with Crippen LogP contribution in [0.5, 0.6) is 0 Å². The molecule has 0 unspecified atom stereocenters. The number of nitrogens with one attached hydrogen (secondary N) is 1. The Morgan fingerprint density at radius 1 is 1.32 bits per heavy atom. The van der Waals surface area contributed by atoms with Crippen LogP contribution >= 0.6 is 23.5 Å². The van der Waals surface area contributed by atoms with Crippen LogP contribution in [-0.2, 0) is 11.3 Å². The lowest BCUT2D eigenvalue weighted by molar-refractivity contribution is -0.120. The Morgan fingerprint density at radius 2 is 2.05 bits per heavy atom. The van der Waals surface area contributed by atoms with Gasteiger partial charge in [-0.2, -0.15) is 0 Å². The lowest BCUT2D eigenvalue weighted by Gasteiger charge is -2.23. The molecule has 3 rings (SSSR count). The number of hydrogen-bond acceptors (Lipinski definition) is 4. The third kappa shape index (κ3) is 4.21. The maximum Gasteiger partial charge on any atom is 0.243 e. The van der Waals surface area contributed by atoms with Crippen molar-refractivity contribution in [2.45, 2.75) is 30.5 Å². The van der Waals surface area contributed by atoms with Crippen LogP contribution in [0.4, 0.5) is 0 Å². The normalized spacial score (nSPS) is 24.5. The van der Waals surface area contributed by atoms with Crippen LogP contribution in [0.1, 0.15) is 18.9 Å². The summed E-state index contributed by atoms with van der Waals surface area (Å²) in [5.41, 5.74) is 1.37. The molecule has 0 aromatic heterocycles. The van der Waals surface area contributed by atoms with E-state index in [-0.39, 0.29) is 16.5 Å². The van der Waals surface area contributed by atoms with E-state index in [0.29, 0.717) is 5.92 Å². The van der Waals surface area contributed by atoms with Crippen molar-refractivity contribution in [3.8, 4) is 0 Å². The van der Waals surface area contributed by atoms with Gasteiger partial charge in [-0.05, 0) is 31.4 Å². The second-order valence-electron chi connectivity index (χ2n) is 6.14. The van der Waals surface area contributed by atoms with Gasteiger partial charge in [0.1, 0.15) is 4.58 Å². The van der Waals surface area contributed by atoms with Crippen molar-refractivity contribution in [2.75, 3.05) is 24.6 Å². The molecule has 0 spiro atoms. The molecule has 0 radical (unpaired) electrons. The van der Waals surface area contributed by atoms with Gasteiger partial charge in [0.2, 0.25) is 5.91 Å². The van der Waals surface area contributed by atoms with E-state index in [2.05, 4.69) is 47.5 Å². The number of benzene rings is 1. The molecule has 2 heterocycles. The first-order valence-electron chi connectivity index (χ1n) is 8.02. The third-order valence-corrected chi connectivity index (χ3v) is 7.46. The molecule has 22 heavy (non-hydrogen) atoms. The molecule has 2 fully saturated rings. The SMILES string of the molecule is C[C@H](NC(=O)C1SCCS1)[C@H]1CCN(Cc2ccccc2)C1. The number of thioether (sulfide) groups is 2. The minimum atomic E-state index is 0.115. The molecule has 1 aromatic rings. The molecule has 0 aliphatic carbocycles. The van der Waals surface area contributed by atoms with E-state index in [9.17, 15) is 4.79 Å². The summed E-state index contributed by atoms with van der Waals surface area (Å²) in [7, 11) is 0. The van der Waals surface area contributed by atoms with Gasteiger partial charge in [-0.15, -0.1) is 23.5 Å². The number of amides is 1. The highest BCUT2D eigenvalue weighted by atomic mass is 32.2. The van der Waals surface area contributed by atoms with E-state index in [1.807, 2.05) is 0 Å². The van der Waals surface area contributed by atoms with Crippen molar-refractivity contribution in [1.29, 1.82) is 0 Å². The van der Waals surface area contributed by atoms with Crippen LogP contribution in [-0.4, -0.2) is 46.0 Å². The summed E-state index contributed by atoms with van der Waals surface area (Å²) in [6, 6.07) is 10.9. The highest BCUT2D eigenvalue weighted by Gasteiger charge is 2.30. The summed E-state index contributed by atoms with van der Waals surface area (Å²) in [4.78, 5) is 14.7. The zero-order chi connectivity index (χ0) is 15.4. The summed E-state index contributed by atoms with van der Waals surface area (Å²) < 4.78 is 0.115. The largest absolute Gasteiger partial charge is 0.352 e. The van der Waals surface area contributed by atoms with Gasteiger partial charge >= 0.3 is 0 Å². The number of hydrogen-bond donors (Lipinski definition) is 1. The fraction of sp³-hybridized carbons (Fsp3) is 0.588. The molecular weight excluding hydrogens is 312 g/mol. The van der Waals surface area contributed by atoms with Crippen LogP contribution in [0.25, 0.3) is 0 Å². The second-order valence-corrected chi connectivity index (χ2v) is 8.86. The fourth-order valence-electron chi connectivity index (χ4n) is 3.18. The first kappa shape index (κ1) is 16.2. The summed E-state index contributed by atoms with van der Waals surface area (Å²) in [5, 5.41) is 3.24. The lowest BCUT2D eigenvalue weighted by atomic mass is 10.0. The summed E-state index contributed by atoms with van der Waals surface area (Å²) in [6.45, 7) is 5.40. The van der Waals surface area contributed by atoms with E-state index in [0.717, 1.165) is 31.1 Å². The van der Waals surface area contributed by atoms with Crippen LogP contribution in [0.15, 0.2) is 30.3 Å². The first-order chi connectivity index (χ1) is 10.7. The second kappa shape index (κ2) is 7.75. The Hall–Kier alpha value is -0.650. The predicted molar refractivity (Wildman–Crippen MR) is 96.1 cm³/mol. The van der Waals surface area contributed by atoms with Crippen molar-refractivity contribution in [3.63, 3.8) is 0 Å². The van der Waals surface area contributed by atoms with Crippen molar-refractivity contribution in [2.24, 2.45) is 5.92 Å². The molecule has 2 saturated heterocycles. The fourth-order valence-corrected chi connectivity index (χ4v) is 5.78. The van der Waals surface area contributed by atoms with E-state index in [1.54, 1.807) is 23.5 Å². The topological polar surface area (TPSA) is 32.3 Å². The molecule has 5 heteroatoms. The van der Waals surface area contributed by atoms with Gasteiger partial charge in [-0.25, -0.2) is 0 Å². The van der Waals surface area contributed by atoms with Crippen molar-refractivity contribution >= 4 is 29.4 Å². The standard InChI is InChI=1S/C17H24N2OS2/c1-13(18-16(20)17-21-9-10-22-17)15-7-8-19(12-15)11-14-5-3-2-4-6-14/h2-6,13,15,17H,7-12H2,1H3,(H,18,20)/t13-,15-/m0/s1. The molecule has 1 N–H and O–H groups in total. The lowest BCUT2D eigenvalue weighted by Crippen LogP contribution is -2.42. The molecule has 0 bridgehead atoms. The number of nitrogens with zero attached hydrogens (tertiary/aromatic N) is 1. The predicted octanol–water partition coefficient (Wildman–Crippen LogP) is 2.82. The molecule has 2 aliphatic rings. The van der Waals surface area contributed by atoms with Gasteiger partial charge in [0, 0.05) is 30.6 Å². The molecule has 1 amide bonds.